The second kappa shape index (κ2) is 17.0. The first-order valence-electron chi connectivity index (χ1n) is 13.9. The van der Waals surface area contributed by atoms with Crippen LogP contribution in [0.2, 0.25) is 0 Å². The lowest BCUT2D eigenvalue weighted by Crippen LogP contribution is -2.52. The fourth-order valence-electron chi connectivity index (χ4n) is 4.58. The topological polar surface area (TPSA) is 92.7 Å². The summed E-state index contributed by atoms with van der Waals surface area (Å²) in [7, 11) is 1.50. The van der Waals surface area contributed by atoms with E-state index in [0.29, 0.717) is 52.0 Å². The largest absolute Gasteiger partial charge is 0.416 e. The van der Waals surface area contributed by atoms with Crippen LogP contribution in [0.25, 0.3) is 0 Å². The molecule has 0 radical (unpaired) electrons. The molecule has 0 spiro atoms. The number of carbonyl (C=O) groups excluding carboxylic acids is 2. The Bertz CT molecular complexity index is 1030. The molecule has 2 aromatic rings. The van der Waals surface area contributed by atoms with Gasteiger partial charge < -0.3 is 26.1 Å². The monoisotopic (exact) mass is 564 g/mol. The maximum Gasteiger partial charge on any atom is 0.416 e. The lowest BCUT2D eigenvalue weighted by molar-refractivity contribution is -0.140. The number of hydrogen-bond acceptors (Lipinski definition) is 5. The van der Waals surface area contributed by atoms with Crippen LogP contribution in [0.5, 0.6) is 0 Å². The molecule has 6 nitrogen and oxygen atoms in total. The third-order valence-corrected chi connectivity index (χ3v) is 6.74. The molecule has 4 N–H and O–H groups in total. The van der Waals surface area contributed by atoms with E-state index >= 15 is 0 Å². The molecule has 0 saturated carbocycles. The maximum atomic E-state index is 13.3. The van der Waals surface area contributed by atoms with Crippen molar-refractivity contribution in [1.82, 2.24) is 4.90 Å². The molecule has 1 aliphatic rings. The molecule has 40 heavy (non-hydrogen) atoms. The number of unbranched alkanes of at least 4 members (excludes halogenated alkanes) is 1. The fourth-order valence-corrected chi connectivity index (χ4v) is 4.58. The Balaban J connectivity index is 0.00000103. The number of amides is 1. The molecule has 1 amide bonds. The predicted octanol–water partition coefficient (Wildman–Crippen LogP) is 5.38. The minimum atomic E-state index is -4.34. The highest BCUT2D eigenvalue weighted by Crippen LogP contribution is 2.34. The van der Waals surface area contributed by atoms with E-state index in [4.69, 9.17) is 5.73 Å². The predicted molar refractivity (Wildman–Crippen MR) is 157 cm³/mol. The first-order valence-corrected chi connectivity index (χ1v) is 13.9. The van der Waals surface area contributed by atoms with Crippen LogP contribution in [0.15, 0.2) is 42.5 Å². The minimum absolute atomic E-state index is 0.126. The Morgan fingerprint density at radius 1 is 1.00 bits per heavy atom. The summed E-state index contributed by atoms with van der Waals surface area (Å²) in [6.07, 6.45) is 0.0204. The number of aryl methyl sites for hydroxylation is 2. The zero-order chi connectivity index (χ0) is 30.3. The van der Waals surface area contributed by atoms with E-state index < -0.39 is 17.2 Å². The van der Waals surface area contributed by atoms with Crippen LogP contribution in [0.4, 0.5) is 18.9 Å². The third-order valence-electron chi connectivity index (χ3n) is 6.74. The summed E-state index contributed by atoms with van der Waals surface area (Å²) in [5.74, 6) is 0.126. The van der Waals surface area contributed by atoms with Crippen molar-refractivity contribution in [2.75, 3.05) is 44.7 Å². The van der Waals surface area contributed by atoms with Crippen molar-refractivity contribution >= 4 is 17.9 Å². The van der Waals surface area contributed by atoms with E-state index in [1.807, 2.05) is 32.6 Å². The van der Waals surface area contributed by atoms with Crippen LogP contribution in [0.3, 0.4) is 0 Å². The van der Waals surface area contributed by atoms with Crippen LogP contribution in [-0.4, -0.2) is 56.9 Å². The Kier molecular flexibility index (Phi) is 14.9. The standard InChI is InChI=1S/C27H35F3N2O.C3H7NO.CH5N/c1-5-6-7-22-18-23(27(28,29)30)12-13-24(22)31-14-16-32(17-15-31)25(33)26(3,4)19-21-10-8-20(2)9-11-21;4-2-1-3-5;1-2/h8-13,18H,5-7,14-17,19H2,1-4H3;3H,1-2,4H2;2H2,1H3. The minimum Gasteiger partial charge on any atom is -0.368 e. The summed E-state index contributed by atoms with van der Waals surface area (Å²) in [4.78, 5) is 26.6. The molecule has 0 bridgehead atoms. The molecule has 0 aliphatic carbocycles. The molecular formula is C31H47F3N4O2. The van der Waals surface area contributed by atoms with Crippen LogP contribution in [0, 0.1) is 12.3 Å². The van der Waals surface area contributed by atoms with Crippen LogP contribution in [0.1, 0.15) is 62.3 Å². The normalized spacial score (nSPS) is 13.6. The maximum absolute atomic E-state index is 13.3. The third kappa shape index (κ3) is 10.9. The van der Waals surface area contributed by atoms with Crippen LogP contribution < -0.4 is 16.4 Å². The van der Waals surface area contributed by atoms with Gasteiger partial charge in [0.15, 0.2) is 0 Å². The summed E-state index contributed by atoms with van der Waals surface area (Å²) in [5, 5.41) is 0. The van der Waals surface area contributed by atoms with Crippen molar-refractivity contribution in [2.45, 2.75) is 66.0 Å². The molecule has 1 aliphatic heterocycles. The Morgan fingerprint density at radius 2 is 1.60 bits per heavy atom. The average Bonchev–Trinajstić information content (AvgIpc) is 2.94. The number of carbonyl (C=O) groups is 2. The van der Waals surface area contributed by atoms with Crippen LogP contribution >= 0.6 is 0 Å². The van der Waals surface area contributed by atoms with E-state index in [9.17, 15) is 22.8 Å². The zero-order valence-corrected chi connectivity index (χ0v) is 24.7. The van der Waals surface area contributed by atoms with Gasteiger partial charge in [0.1, 0.15) is 6.29 Å². The van der Waals surface area contributed by atoms with Gasteiger partial charge in [0.25, 0.3) is 0 Å². The molecule has 3 rings (SSSR count). The van der Waals surface area contributed by atoms with E-state index in [-0.39, 0.29) is 5.91 Å². The first kappa shape index (κ1) is 35.1. The van der Waals surface area contributed by atoms with E-state index in [1.165, 1.54) is 24.7 Å². The van der Waals surface area contributed by atoms with E-state index in [0.717, 1.165) is 35.9 Å². The van der Waals surface area contributed by atoms with Gasteiger partial charge in [-0.05, 0) is 69.1 Å². The number of nitrogens with zero attached hydrogens (tertiary/aromatic N) is 2. The molecule has 2 aromatic carbocycles. The number of piperazine rings is 1. The highest BCUT2D eigenvalue weighted by atomic mass is 19.4. The summed E-state index contributed by atoms with van der Waals surface area (Å²) in [6.45, 7) is 10.9. The van der Waals surface area contributed by atoms with E-state index in [2.05, 4.69) is 34.9 Å². The molecule has 224 valence electrons. The van der Waals surface area contributed by atoms with Crippen molar-refractivity contribution in [1.29, 1.82) is 0 Å². The fraction of sp³-hybridized carbons (Fsp3) is 0.548. The first-order chi connectivity index (χ1) is 18.9. The number of halogens is 3. The number of nitrogens with two attached hydrogens (primary N) is 2. The Labute approximate surface area is 237 Å². The molecule has 1 fully saturated rings. The summed E-state index contributed by atoms with van der Waals surface area (Å²) >= 11 is 0. The molecule has 9 heteroatoms. The highest BCUT2D eigenvalue weighted by molar-refractivity contribution is 5.82. The molecule has 0 unspecified atom stereocenters. The van der Waals surface area contributed by atoms with Crippen molar-refractivity contribution in [3.63, 3.8) is 0 Å². The van der Waals surface area contributed by atoms with Gasteiger partial charge in [-0.15, -0.1) is 0 Å². The van der Waals surface area contributed by atoms with Gasteiger partial charge in [-0.1, -0.05) is 57.0 Å². The van der Waals surface area contributed by atoms with Gasteiger partial charge in [0.05, 0.1) is 5.56 Å². The van der Waals surface area contributed by atoms with Gasteiger partial charge in [-0.2, -0.15) is 13.2 Å². The lowest BCUT2D eigenvalue weighted by Gasteiger charge is -2.40. The Hall–Kier alpha value is -2.91. The molecule has 0 atom stereocenters. The molecule has 0 aromatic heterocycles. The number of benzene rings is 2. The SMILES string of the molecule is CCCCc1cc(C(F)(F)F)ccc1N1CCN(C(=O)C(C)(C)Cc2ccc(C)cc2)CC1.CN.NCCC=O. The number of rotatable bonds is 9. The second-order valence-electron chi connectivity index (χ2n) is 10.5. The molecule has 1 heterocycles. The van der Waals surface area contributed by atoms with Crippen molar-refractivity contribution in [3.05, 3.63) is 64.7 Å². The lowest BCUT2D eigenvalue weighted by atomic mass is 9.84. The summed E-state index contributed by atoms with van der Waals surface area (Å²) in [5.41, 5.74) is 12.2. The van der Waals surface area contributed by atoms with Crippen molar-refractivity contribution < 1.29 is 22.8 Å². The van der Waals surface area contributed by atoms with E-state index in [1.54, 1.807) is 6.07 Å². The summed E-state index contributed by atoms with van der Waals surface area (Å²) in [6, 6.07) is 12.4. The quantitative estimate of drug-likeness (QED) is 0.399. The van der Waals surface area contributed by atoms with Gasteiger partial charge >= 0.3 is 6.18 Å². The number of alkyl halides is 3. The molecule has 1 saturated heterocycles. The second-order valence-corrected chi connectivity index (χ2v) is 10.5. The number of aldehydes is 1. The van der Waals surface area contributed by atoms with Crippen molar-refractivity contribution in [2.24, 2.45) is 16.9 Å². The van der Waals surface area contributed by atoms with Gasteiger partial charge in [0.2, 0.25) is 5.91 Å². The Morgan fingerprint density at radius 3 is 2.08 bits per heavy atom. The zero-order valence-electron chi connectivity index (χ0n) is 24.7. The highest BCUT2D eigenvalue weighted by Gasteiger charge is 2.35. The number of anilines is 1. The van der Waals surface area contributed by atoms with Gasteiger partial charge in [-0.25, -0.2) is 0 Å². The van der Waals surface area contributed by atoms with Crippen LogP contribution in [-0.2, 0) is 28.6 Å². The summed E-state index contributed by atoms with van der Waals surface area (Å²) < 4.78 is 39.7. The smallest absolute Gasteiger partial charge is 0.368 e. The van der Waals surface area contributed by atoms with Crippen molar-refractivity contribution in [3.8, 4) is 0 Å². The average molecular weight is 565 g/mol. The number of hydrogen-bond donors (Lipinski definition) is 2. The van der Waals surface area contributed by atoms with Gasteiger partial charge in [-0.3, -0.25) is 4.79 Å². The molecular weight excluding hydrogens is 517 g/mol. The van der Waals surface area contributed by atoms with Gasteiger partial charge in [0, 0.05) is 43.7 Å².